The first-order valence-corrected chi connectivity index (χ1v) is 8.86. The lowest BCUT2D eigenvalue weighted by Crippen LogP contribution is -2.39. The summed E-state index contributed by atoms with van der Waals surface area (Å²) in [5.41, 5.74) is 6.87. The van der Waals surface area contributed by atoms with Crippen molar-refractivity contribution in [3.8, 4) is 11.5 Å². The van der Waals surface area contributed by atoms with Crippen molar-refractivity contribution in [2.75, 3.05) is 20.8 Å². The molecule has 2 aromatic carbocycles. The topological polar surface area (TPSA) is 37.5 Å². The van der Waals surface area contributed by atoms with E-state index < -0.39 is 0 Å². The maximum Gasteiger partial charge on any atom is 0.161 e. The van der Waals surface area contributed by atoms with Crippen LogP contribution in [0.25, 0.3) is 10.9 Å². The molecule has 1 N–H and O–H groups in total. The van der Waals surface area contributed by atoms with Crippen LogP contribution in [-0.2, 0) is 19.4 Å². The van der Waals surface area contributed by atoms with Crippen LogP contribution >= 0.6 is 12.4 Å². The van der Waals surface area contributed by atoms with Crippen LogP contribution in [0.3, 0.4) is 0 Å². The first-order valence-electron chi connectivity index (χ1n) is 8.86. The van der Waals surface area contributed by atoms with Gasteiger partial charge in [0, 0.05) is 29.7 Å². The first-order chi connectivity index (χ1) is 12.3. The number of benzene rings is 2. The summed E-state index contributed by atoms with van der Waals surface area (Å²) in [7, 11) is 3.41. The van der Waals surface area contributed by atoms with Crippen molar-refractivity contribution in [2.24, 2.45) is 0 Å². The molecular formula is C21H23ClN2O2. The number of hydrogen-bond donors (Lipinski definition) is 1. The molecule has 3 aromatic rings. The van der Waals surface area contributed by atoms with Gasteiger partial charge in [-0.05, 0) is 47.7 Å². The number of fused-ring (bicyclic) bond motifs is 6. The average molecular weight is 371 g/mol. The highest BCUT2D eigenvalue weighted by Crippen LogP contribution is 2.42. The van der Waals surface area contributed by atoms with Crippen LogP contribution in [0.1, 0.15) is 28.4 Å². The first kappa shape index (κ1) is 17.3. The van der Waals surface area contributed by atoms with Gasteiger partial charge in [-0.25, -0.2) is 0 Å². The maximum absolute atomic E-state index is 5.51. The molecule has 5 heteroatoms. The Balaban J connectivity index is 0.00000168. The van der Waals surface area contributed by atoms with Crippen LogP contribution in [-0.4, -0.2) is 30.6 Å². The monoisotopic (exact) mass is 370 g/mol. The van der Waals surface area contributed by atoms with E-state index in [0.29, 0.717) is 6.04 Å². The van der Waals surface area contributed by atoms with Gasteiger partial charge in [0.1, 0.15) is 0 Å². The lowest BCUT2D eigenvalue weighted by molar-refractivity contribution is 0.158. The van der Waals surface area contributed by atoms with Crippen LogP contribution < -0.4 is 9.47 Å². The Morgan fingerprint density at radius 3 is 2.54 bits per heavy atom. The van der Waals surface area contributed by atoms with Crippen molar-refractivity contribution in [3.63, 3.8) is 0 Å². The van der Waals surface area contributed by atoms with Crippen molar-refractivity contribution in [2.45, 2.75) is 25.4 Å². The van der Waals surface area contributed by atoms with E-state index >= 15 is 0 Å². The predicted molar refractivity (Wildman–Crippen MR) is 106 cm³/mol. The summed E-state index contributed by atoms with van der Waals surface area (Å²) < 4.78 is 11.0. The third-order valence-electron chi connectivity index (χ3n) is 5.76. The summed E-state index contributed by atoms with van der Waals surface area (Å²) in [6.45, 7) is 2.07. The van der Waals surface area contributed by atoms with E-state index in [0.717, 1.165) is 37.4 Å². The highest BCUT2D eigenvalue weighted by Gasteiger charge is 2.34. The molecule has 1 aromatic heterocycles. The molecule has 0 saturated heterocycles. The minimum atomic E-state index is 0. The number of methoxy groups -OCH3 is 2. The van der Waals surface area contributed by atoms with Gasteiger partial charge in [0.2, 0.25) is 0 Å². The van der Waals surface area contributed by atoms with Gasteiger partial charge in [0.05, 0.1) is 20.3 Å². The van der Waals surface area contributed by atoms with Crippen molar-refractivity contribution in [3.05, 3.63) is 58.8 Å². The molecule has 1 atom stereocenters. The zero-order valence-corrected chi connectivity index (χ0v) is 15.9. The quantitative estimate of drug-likeness (QED) is 0.732. The molecule has 136 valence electrons. The van der Waals surface area contributed by atoms with Gasteiger partial charge in [0.15, 0.2) is 11.5 Å². The number of para-hydroxylation sites is 1. The normalized spacial score (nSPS) is 18.5. The lowest BCUT2D eigenvalue weighted by atomic mass is 9.87. The molecule has 0 radical (unpaired) electrons. The van der Waals surface area contributed by atoms with Gasteiger partial charge < -0.3 is 14.5 Å². The Morgan fingerprint density at radius 2 is 1.77 bits per heavy atom. The summed E-state index contributed by atoms with van der Waals surface area (Å²) in [5.74, 6) is 1.64. The zero-order chi connectivity index (χ0) is 17.0. The number of halogens is 1. The summed E-state index contributed by atoms with van der Waals surface area (Å²) in [5, 5.41) is 1.38. The fourth-order valence-corrected chi connectivity index (χ4v) is 4.52. The van der Waals surface area contributed by atoms with Gasteiger partial charge in [-0.2, -0.15) is 0 Å². The van der Waals surface area contributed by atoms with E-state index in [-0.39, 0.29) is 12.4 Å². The second kappa shape index (κ2) is 6.53. The van der Waals surface area contributed by atoms with Crippen molar-refractivity contribution < 1.29 is 9.47 Å². The minimum Gasteiger partial charge on any atom is -0.493 e. The van der Waals surface area contributed by atoms with E-state index in [1.165, 1.54) is 33.3 Å². The van der Waals surface area contributed by atoms with E-state index in [4.69, 9.17) is 9.47 Å². The van der Waals surface area contributed by atoms with Gasteiger partial charge in [-0.3, -0.25) is 4.90 Å². The number of nitrogens with zero attached hydrogens (tertiary/aromatic N) is 1. The Labute approximate surface area is 159 Å². The summed E-state index contributed by atoms with van der Waals surface area (Å²) in [6.07, 6.45) is 2.12. The fraction of sp³-hybridized carbons (Fsp3) is 0.333. The molecule has 2 aliphatic heterocycles. The number of hydrogen-bond acceptors (Lipinski definition) is 3. The number of aromatic amines is 1. The lowest BCUT2D eigenvalue weighted by Gasteiger charge is -2.40. The van der Waals surface area contributed by atoms with E-state index in [9.17, 15) is 0 Å². The Bertz CT molecular complexity index is 966. The molecule has 4 nitrogen and oxygen atoms in total. The van der Waals surface area contributed by atoms with Gasteiger partial charge in [0.25, 0.3) is 0 Å². The predicted octanol–water partition coefficient (Wildman–Crippen LogP) is 4.26. The van der Waals surface area contributed by atoms with Crippen LogP contribution in [0.2, 0.25) is 0 Å². The number of rotatable bonds is 2. The molecule has 3 heterocycles. The van der Waals surface area contributed by atoms with Crippen LogP contribution in [0.5, 0.6) is 11.5 Å². The molecule has 0 bridgehead atoms. The van der Waals surface area contributed by atoms with Gasteiger partial charge in [-0.1, -0.05) is 18.2 Å². The minimum absolute atomic E-state index is 0. The third kappa shape index (κ3) is 2.48. The van der Waals surface area contributed by atoms with Crippen LogP contribution in [0.15, 0.2) is 36.4 Å². The standard InChI is InChI=1S/C21H22N2O2.ClH/c1-24-19-10-13-9-18-21-16(15-5-3-4-6-17(15)22-21)7-8-23(18)12-14(13)11-20(19)25-2;/h3-6,10-11,18,22H,7-9,12H2,1-2H3;1H. The van der Waals surface area contributed by atoms with E-state index in [1.54, 1.807) is 14.2 Å². The molecular weight excluding hydrogens is 348 g/mol. The molecule has 0 amide bonds. The van der Waals surface area contributed by atoms with Gasteiger partial charge >= 0.3 is 0 Å². The maximum atomic E-state index is 5.51. The van der Waals surface area contributed by atoms with Crippen LogP contribution in [0, 0.1) is 0 Å². The third-order valence-corrected chi connectivity index (χ3v) is 5.76. The largest absolute Gasteiger partial charge is 0.493 e. The molecule has 0 aliphatic carbocycles. The number of H-pyrrole nitrogens is 1. The molecule has 1 unspecified atom stereocenters. The average Bonchev–Trinajstić information content (AvgIpc) is 3.04. The van der Waals surface area contributed by atoms with Gasteiger partial charge in [-0.15, -0.1) is 12.4 Å². The molecule has 2 aliphatic rings. The molecule has 0 saturated carbocycles. The number of ether oxygens (including phenoxy) is 2. The number of nitrogens with one attached hydrogen (secondary N) is 1. The van der Waals surface area contributed by atoms with E-state index in [1.807, 2.05) is 0 Å². The van der Waals surface area contributed by atoms with Crippen molar-refractivity contribution >= 4 is 23.3 Å². The summed E-state index contributed by atoms with van der Waals surface area (Å²) in [4.78, 5) is 6.29. The Kier molecular flexibility index (Phi) is 4.33. The molecule has 0 fully saturated rings. The smallest absolute Gasteiger partial charge is 0.161 e. The summed E-state index contributed by atoms with van der Waals surface area (Å²) in [6, 6.07) is 13.4. The van der Waals surface area contributed by atoms with Crippen molar-refractivity contribution in [1.82, 2.24) is 9.88 Å². The summed E-state index contributed by atoms with van der Waals surface area (Å²) >= 11 is 0. The number of aromatic nitrogens is 1. The fourth-order valence-electron chi connectivity index (χ4n) is 4.52. The highest BCUT2D eigenvalue weighted by molar-refractivity contribution is 5.85. The van der Waals surface area contributed by atoms with Crippen molar-refractivity contribution in [1.29, 1.82) is 0 Å². The zero-order valence-electron chi connectivity index (χ0n) is 15.0. The highest BCUT2D eigenvalue weighted by atomic mass is 35.5. The van der Waals surface area contributed by atoms with E-state index in [2.05, 4.69) is 46.3 Å². The Morgan fingerprint density at radius 1 is 1.04 bits per heavy atom. The second-order valence-electron chi connectivity index (χ2n) is 6.98. The molecule has 26 heavy (non-hydrogen) atoms. The van der Waals surface area contributed by atoms with Crippen LogP contribution in [0.4, 0.5) is 0 Å². The SMILES string of the molecule is COc1cc2c(cc1OC)CN1CCc3c([nH]c4ccccc34)C1C2.Cl. The molecule has 0 spiro atoms. The molecule has 5 rings (SSSR count). The Hall–Kier alpha value is -2.17. The second-order valence-corrected chi connectivity index (χ2v) is 6.98.